The first-order valence-corrected chi connectivity index (χ1v) is 4.43. The monoisotopic (exact) mass is 170 g/mol. The number of allylic oxidation sites excluding steroid dienone is 4. The van der Waals surface area contributed by atoms with Crippen LogP contribution in [-0.4, -0.2) is 0 Å². The van der Waals surface area contributed by atoms with Crippen LogP contribution in [0.1, 0.15) is 27.2 Å². The fraction of sp³-hybridized carbons (Fsp3) is 0.400. The SMILES string of the molecule is C=C(S)/C=C\C=CCC.CC. The van der Waals surface area contributed by atoms with Gasteiger partial charge in [-0.1, -0.05) is 45.6 Å². The number of rotatable bonds is 3. The Balaban J connectivity index is 0. The Morgan fingerprint density at radius 3 is 2.27 bits per heavy atom. The summed E-state index contributed by atoms with van der Waals surface area (Å²) in [6.45, 7) is 9.69. The van der Waals surface area contributed by atoms with Crippen molar-refractivity contribution in [3.8, 4) is 0 Å². The number of thiol groups is 1. The molecule has 1 heteroatoms. The van der Waals surface area contributed by atoms with E-state index in [0.717, 1.165) is 11.3 Å². The van der Waals surface area contributed by atoms with Crippen molar-refractivity contribution in [3.05, 3.63) is 35.8 Å². The summed E-state index contributed by atoms with van der Waals surface area (Å²) in [6, 6.07) is 0. The average molecular weight is 170 g/mol. The molecule has 0 heterocycles. The van der Waals surface area contributed by atoms with E-state index in [1.807, 2.05) is 32.1 Å². The Labute approximate surface area is 76.1 Å². The van der Waals surface area contributed by atoms with Crippen molar-refractivity contribution in [3.63, 3.8) is 0 Å². The maximum absolute atomic E-state index is 3.99. The maximum atomic E-state index is 3.99. The van der Waals surface area contributed by atoms with Crippen LogP contribution >= 0.6 is 12.6 Å². The summed E-state index contributed by atoms with van der Waals surface area (Å²) in [5, 5.41) is 0. The fourth-order valence-electron chi connectivity index (χ4n) is 0.381. The van der Waals surface area contributed by atoms with Crippen LogP contribution in [0.3, 0.4) is 0 Å². The van der Waals surface area contributed by atoms with Gasteiger partial charge in [-0.3, -0.25) is 0 Å². The summed E-state index contributed by atoms with van der Waals surface area (Å²) in [7, 11) is 0. The van der Waals surface area contributed by atoms with Crippen molar-refractivity contribution >= 4 is 12.6 Å². The highest BCUT2D eigenvalue weighted by atomic mass is 32.1. The molecule has 0 aromatic rings. The lowest BCUT2D eigenvalue weighted by atomic mass is 10.4. The highest BCUT2D eigenvalue weighted by molar-refractivity contribution is 7.84. The van der Waals surface area contributed by atoms with E-state index in [1.165, 1.54) is 0 Å². The molecule has 0 radical (unpaired) electrons. The first-order valence-electron chi connectivity index (χ1n) is 3.98. The highest BCUT2D eigenvalue weighted by Crippen LogP contribution is 1.96. The molecule has 11 heavy (non-hydrogen) atoms. The normalized spacial score (nSPS) is 9.82. The second-order valence-electron chi connectivity index (χ2n) is 1.69. The Bertz CT molecular complexity index is 132. The molecule has 64 valence electrons. The van der Waals surface area contributed by atoms with Gasteiger partial charge in [-0.25, -0.2) is 0 Å². The molecule has 0 aromatic heterocycles. The van der Waals surface area contributed by atoms with Crippen LogP contribution in [0.5, 0.6) is 0 Å². The molecule has 0 aromatic carbocycles. The van der Waals surface area contributed by atoms with Crippen LogP contribution in [0.2, 0.25) is 0 Å². The van der Waals surface area contributed by atoms with Crippen molar-refractivity contribution in [2.45, 2.75) is 27.2 Å². The molecule has 0 amide bonds. The van der Waals surface area contributed by atoms with E-state index in [4.69, 9.17) is 0 Å². The van der Waals surface area contributed by atoms with Gasteiger partial charge >= 0.3 is 0 Å². The molecule has 0 nitrogen and oxygen atoms in total. The van der Waals surface area contributed by atoms with E-state index in [2.05, 4.69) is 32.2 Å². The van der Waals surface area contributed by atoms with Gasteiger partial charge in [-0.15, -0.1) is 12.6 Å². The zero-order valence-electron chi connectivity index (χ0n) is 7.67. The van der Waals surface area contributed by atoms with Crippen molar-refractivity contribution < 1.29 is 0 Å². The molecule has 0 saturated carbocycles. The van der Waals surface area contributed by atoms with Gasteiger partial charge in [-0.2, -0.15) is 0 Å². The molecule has 0 rings (SSSR count). The van der Waals surface area contributed by atoms with E-state index >= 15 is 0 Å². The Hall–Kier alpha value is -0.430. The summed E-state index contributed by atoms with van der Waals surface area (Å²) < 4.78 is 0. The van der Waals surface area contributed by atoms with Gasteiger partial charge in [0.1, 0.15) is 0 Å². The van der Waals surface area contributed by atoms with Crippen LogP contribution in [0.4, 0.5) is 0 Å². The largest absolute Gasteiger partial charge is 0.144 e. The summed E-state index contributed by atoms with van der Waals surface area (Å²) in [5.41, 5.74) is 0. The van der Waals surface area contributed by atoms with Crippen molar-refractivity contribution in [2.75, 3.05) is 0 Å². The molecule has 0 atom stereocenters. The van der Waals surface area contributed by atoms with E-state index in [9.17, 15) is 0 Å². The van der Waals surface area contributed by atoms with Crippen LogP contribution in [-0.2, 0) is 0 Å². The third-order valence-electron chi connectivity index (χ3n) is 0.772. The molecule has 0 saturated heterocycles. The van der Waals surface area contributed by atoms with E-state index in [1.54, 1.807) is 0 Å². The quantitative estimate of drug-likeness (QED) is 0.481. The summed E-state index contributed by atoms with van der Waals surface area (Å²) in [6.07, 6.45) is 8.92. The summed E-state index contributed by atoms with van der Waals surface area (Å²) in [5.74, 6) is 0. The molecule has 0 bridgehead atoms. The smallest absolute Gasteiger partial charge is 0.00320 e. The van der Waals surface area contributed by atoms with Gasteiger partial charge in [0.2, 0.25) is 0 Å². The third kappa shape index (κ3) is 17.7. The first-order chi connectivity index (χ1) is 5.27. The number of hydrogen-bond donors (Lipinski definition) is 1. The predicted octanol–water partition coefficient (Wildman–Crippen LogP) is 3.98. The zero-order valence-corrected chi connectivity index (χ0v) is 8.57. The third-order valence-corrected chi connectivity index (χ3v) is 0.921. The molecular formula is C10H18S. The van der Waals surface area contributed by atoms with Gasteiger partial charge in [0.05, 0.1) is 0 Å². The van der Waals surface area contributed by atoms with Crippen molar-refractivity contribution in [2.24, 2.45) is 0 Å². The molecule has 0 fully saturated rings. The Kier molecular flexibility index (Phi) is 14.7. The van der Waals surface area contributed by atoms with Crippen LogP contribution < -0.4 is 0 Å². The summed E-state index contributed by atoms with van der Waals surface area (Å²) in [4.78, 5) is 0.788. The van der Waals surface area contributed by atoms with Crippen LogP contribution in [0.15, 0.2) is 35.8 Å². The summed E-state index contributed by atoms with van der Waals surface area (Å²) >= 11 is 3.99. The fourth-order valence-corrected chi connectivity index (χ4v) is 0.467. The number of hydrogen-bond acceptors (Lipinski definition) is 1. The molecule has 0 N–H and O–H groups in total. The van der Waals surface area contributed by atoms with Crippen molar-refractivity contribution in [1.82, 2.24) is 0 Å². The maximum Gasteiger partial charge on any atom is -0.00320 e. The topological polar surface area (TPSA) is 0 Å². The van der Waals surface area contributed by atoms with Crippen LogP contribution in [0, 0.1) is 0 Å². The van der Waals surface area contributed by atoms with Gasteiger partial charge < -0.3 is 0 Å². The lowest BCUT2D eigenvalue weighted by Crippen LogP contribution is -1.55. The van der Waals surface area contributed by atoms with E-state index < -0.39 is 0 Å². The van der Waals surface area contributed by atoms with Gasteiger partial charge in [0.25, 0.3) is 0 Å². The van der Waals surface area contributed by atoms with Gasteiger partial charge in [0.15, 0.2) is 0 Å². The second kappa shape index (κ2) is 12.3. The molecule has 0 aliphatic heterocycles. The average Bonchev–Trinajstić information content (AvgIpc) is 2.02. The highest BCUT2D eigenvalue weighted by Gasteiger charge is 1.69. The lowest BCUT2D eigenvalue weighted by Gasteiger charge is -1.78. The second-order valence-corrected chi connectivity index (χ2v) is 2.26. The van der Waals surface area contributed by atoms with E-state index in [-0.39, 0.29) is 0 Å². The van der Waals surface area contributed by atoms with E-state index in [0.29, 0.717) is 0 Å². The van der Waals surface area contributed by atoms with Crippen LogP contribution in [0.25, 0.3) is 0 Å². The zero-order chi connectivity index (χ0) is 9.11. The molecule has 0 aliphatic carbocycles. The molecule has 0 spiro atoms. The lowest BCUT2D eigenvalue weighted by molar-refractivity contribution is 1.22. The molecule has 0 aliphatic rings. The minimum atomic E-state index is 0.788. The minimum absolute atomic E-state index is 0.788. The van der Waals surface area contributed by atoms with Gasteiger partial charge in [0, 0.05) is 0 Å². The Morgan fingerprint density at radius 2 is 1.91 bits per heavy atom. The molecule has 0 unspecified atom stereocenters. The van der Waals surface area contributed by atoms with Gasteiger partial charge in [-0.05, 0) is 17.4 Å². The minimum Gasteiger partial charge on any atom is -0.144 e. The predicted molar refractivity (Wildman–Crippen MR) is 58.0 cm³/mol. The first kappa shape index (κ1) is 13.2. The van der Waals surface area contributed by atoms with Crippen molar-refractivity contribution in [1.29, 1.82) is 0 Å². The molecular weight excluding hydrogens is 152 g/mol. The standard InChI is InChI=1S/C8H12S.C2H6/c1-3-4-5-6-7-8(2)9;1-2/h4-7,9H,2-3H2,1H3;1-2H3/b5-4?,7-6-;. The Morgan fingerprint density at radius 1 is 1.36 bits per heavy atom.